The van der Waals surface area contributed by atoms with Crippen LogP contribution in [-0.4, -0.2) is 38.7 Å². The highest BCUT2D eigenvalue weighted by Gasteiger charge is 2.45. The monoisotopic (exact) mass is 409 g/mol. The number of carbonyl (C=O) groups excluding carboxylic acids is 1. The zero-order valence-corrected chi connectivity index (χ0v) is 18.1. The van der Waals surface area contributed by atoms with Gasteiger partial charge in [0.15, 0.2) is 11.5 Å². The Bertz CT molecular complexity index is 888. The van der Waals surface area contributed by atoms with Crippen molar-refractivity contribution >= 4 is 5.97 Å². The lowest BCUT2D eigenvalue weighted by atomic mass is 9.68. The van der Waals surface area contributed by atoms with Crippen LogP contribution in [0.15, 0.2) is 42.5 Å². The number of ether oxygens (including phenoxy) is 3. The molecule has 30 heavy (non-hydrogen) atoms. The first-order valence-corrected chi connectivity index (χ1v) is 10.7. The van der Waals surface area contributed by atoms with E-state index in [1.807, 2.05) is 30.3 Å². The van der Waals surface area contributed by atoms with Crippen molar-refractivity contribution in [2.45, 2.75) is 44.2 Å². The zero-order valence-electron chi connectivity index (χ0n) is 18.1. The van der Waals surface area contributed by atoms with Gasteiger partial charge in [-0.3, -0.25) is 9.69 Å². The molecule has 0 saturated heterocycles. The minimum absolute atomic E-state index is 0.0294. The molecule has 0 radical (unpaired) electrons. The second-order valence-corrected chi connectivity index (χ2v) is 8.44. The Labute approximate surface area is 178 Å². The predicted octanol–water partition coefficient (Wildman–Crippen LogP) is 4.32. The van der Waals surface area contributed by atoms with Crippen LogP contribution in [0, 0.1) is 5.92 Å². The van der Waals surface area contributed by atoms with Crippen LogP contribution >= 0.6 is 0 Å². The number of esters is 1. The number of methoxy groups -OCH3 is 2. The molecule has 5 heteroatoms. The molecule has 0 bridgehead atoms. The van der Waals surface area contributed by atoms with E-state index in [-0.39, 0.29) is 17.4 Å². The molecule has 1 fully saturated rings. The number of rotatable bonds is 5. The topological polar surface area (TPSA) is 48.0 Å². The van der Waals surface area contributed by atoms with E-state index in [0.29, 0.717) is 6.61 Å². The normalized spacial score (nSPS) is 23.6. The van der Waals surface area contributed by atoms with Gasteiger partial charge in [0.25, 0.3) is 0 Å². The molecule has 5 nitrogen and oxygen atoms in total. The van der Waals surface area contributed by atoms with Crippen molar-refractivity contribution in [2.75, 3.05) is 27.8 Å². The first-order valence-electron chi connectivity index (χ1n) is 10.7. The molecule has 1 spiro atoms. The molecule has 2 aliphatic rings. The van der Waals surface area contributed by atoms with Gasteiger partial charge in [0.05, 0.1) is 20.1 Å². The molecule has 2 aromatic rings. The summed E-state index contributed by atoms with van der Waals surface area (Å²) >= 11 is 0. The van der Waals surface area contributed by atoms with Gasteiger partial charge in [-0.15, -0.1) is 0 Å². The lowest BCUT2D eigenvalue weighted by molar-refractivity contribution is -0.152. The Hall–Kier alpha value is -2.53. The summed E-state index contributed by atoms with van der Waals surface area (Å²) in [5.74, 6) is 1.46. The van der Waals surface area contributed by atoms with Gasteiger partial charge in [0, 0.05) is 12.1 Å². The summed E-state index contributed by atoms with van der Waals surface area (Å²) in [6, 6.07) is 14.1. The maximum absolute atomic E-state index is 12.7. The third-order valence-electron chi connectivity index (χ3n) is 6.93. The molecule has 0 atom stereocenters. The lowest BCUT2D eigenvalue weighted by Gasteiger charge is -2.50. The van der Waals surface area contributed by atoms with Crippen LogP contribution in [0.25, 0.3) is 0 Å². The largest absolute Gasteiger partial charge is 0.493 e. The summed E-state index contributed by atoms with van der Waals surface area (Å²) in [6.07, 6.45) is 4.56. The Balaban J connectivity index is 1.49. The second-order valence-electron chi connectivity index (χ2n) is 8.44. The fraction of sp³-hybridized carbons (Fsp3) is 0.480. The number of hydrogen-bond donors (Lipinski definition) is 0. The number of carbonyl (C=O) groups is 1. The Morgan fingerprint density at radius 1 is 1.07 bits per heavy atom. The molecule has 0 unspecified atom stereocenters. The van der Waals surface area contributed by atoms with E-state index in [1.54, 1.807) is 14.2 Å². The quantitative estimate of drug-likeness (QED) is 0.689. The lowest BCUT2D eigenvalue weighted by Crippen LogP contribution is -2.51. The summed E-state index contributed by atoms with van der Waals surface area (Å²) in [5, 5.41) is 0. The number of nitrogens with zero attached hydrogens (tertiary/aromatic N) is 1. The molecule has 1 aliphatic heterocycles. The van der Waals surface area contributed by atoms with Gasteiger partial charge in [-0.1, -0.05) is 30.3 Å². The van der Waals surface area contributed by atoms with Crippen LogP contribution < -0.4 is 9.47 Å². The minimum Gasteiger partial charge on any atom is -0.493 e. The Morgan fingerprint density at radius 3 is 2.40 bits per heavy atom. The standard InChI is InChI=1S/C25H31NO4/c1-26-14-11-20-15-22(28-2)23(29-3)16-21(20)25(26)12-9-19(10-13-25)24(27)30-17-18-7-5-4-6-8-18/h4-8,15-16,19H,9-14,17H2,1-3H3/t19-,25-. The zero-order chi connectivity index (χ0) is 21.1. The summed E-state index contributed by atoms with van der Waals surface area (Å²) in [7, 11) is 5.57. The van der Waals surface area contributed by atoms with Crippen LogP contribution in [0.4, 0.5) is 0 Å². The molecular weight excluding hydrogens is 378 g/mol. The maximum Gasteiger partial charge on any atom is 0.309 e. The van der Waals surface area contributed by atoms with Crippen molar-refractivity contribution < 1.29 is 19.0 Å². The molecule has 1 saturated carbocycles. The van der Waals surface area contributed by atoms with Gasteiger partial charge in [0.2, 0.25) is 0 Å². The van der Waals surface area contributed by atoms with Gasteiger partial charge < -0.3 is 14.2 Å². The minimum atomic E-state index is -0.0697. The first kappa shape index (κ1) is 20.7. The molecule has 0 aromatic heterocycles. The third-order valence-corrected chi connectivity index (χ3v) is 6.93. The van der Waals surface area contributed by atoms with Crippen molar-refractivity contribution in [3.8, 4) is 11.5 Å². The number of hydrogen-bond acceptors (Lipinski definition) is 5. The summed E-state index contributed by atoms with van der Waals surface area (Å²) in [5.41, 5.74) is 3.63. The van der Waals surface area contributed by atoms with Crippen molar-refractivity contribution in [1.29, 1.82) is 0 Å². The number of fused-ring (bicyclic) bond motifs is 2. The molecule has 4 rings (SSSR count). The highest BCUT2D eigenvalue weighted by Crippen LogP contribution is 2.49. The Kier molecular flexibility index (Phi) is 6.00. The van der Waals surface area contributed by atoms with Gasteiger partial charge in [0.1, 0.15) is 6.61 Å². The van der Waals surface area contributed by atoms with Gasteiger partial charge in [-0.2, -0.15) is 0 Å². The van der Waals surface area contributed by atoms with Crippen LogP contribution in [0.3, 0.4) is 0 Å². The molecule has 1 heterocycles. The van der Waals surface area contributed by atoms with Crippen molar-refractivity contribution in [3.63, 3.8) is 0 Å². The van der Waals surface area contributed by atoms with E-state index in [1.165, 1.54) is 11.1 Å². The van der Waals surface area contributed by atoms with Crippen molar-refractivity contribution in [2.24, 2.45) is 5.92 Å². The fourth-order valence-electron chi connectivity index (χ4n) is 5.10. The van der Waals surface area contributed by atoms with E-state index in [0.717, 1.165) is 55.7 Å². The summed E-state index contributed by atoms with van der Waals surface area (Å²) < 4.78 is 16.7. The fourth-order valence-corrected chi connectivity index (χ4v) is 5.10. The average Bonchev–Trinajstić information content (AvgIpc) is 2.80. The average molecular weight is 410 g/mol. The number of benzene rings is 2. The SMILES string of the molecule is COc1cc2c(cc1OC)[C@]1(CC[C@@H](C(=O)OCc3ccccc3)CC1)N(C)CC2. The first-order chi connectivity index (χ1) is 14.6. The van der Waals surface area contributed by atoms with Crippen LogP contribution in [-0.2, 0) is 28.1 Å². The van der Waals surface area contributed by atoms with E-state index in [9.17, 15) is 4.79 Å². The molecule has 0 amide bonds. The van der Waals surface area contributed by atoms with Crippen LogP contribution in [0.5, 0.6) is 11.5 Å². The van der Waals surface area contributed by atoms with E-state index in [4.69, 9.17) is 14.2 Å². The predicted molar refractivity (Wildman–Crippen MR) is 116 cm³/mol. The molecule has 2 aromatic carbocycles. The maximum atomic E-state index is 12.7. The summed E-state index contributed by atoms with van der Waals surface area (Å²) in [4.78, 5) is 15.1. The molecular formula is C25H31NO4. The number of likely N-dealkylation sites (N-methyl/N-ethyl adjacent to an activating group) is 1. The van der Waals surface area contributed by atoms with Crippen molar-refractivity contribution in [1.82, 2.24) is 4.90 Å². The molecule has 0 N–H and O–H groups in total. The summed E-state index contributed by atoms with van der Waals surface area (Å²) in [6.45, 7) is 1.35. The van der Waals surface area contributed by atoms with Crippen LogP contribution in [0.2, 0.25) is 0 Å². The van der Waals surface area contributed by atoms with Crippen molar-refractivity contribution in [3.05, 3.63) is 59.2 Å². The van der Waals surface area contributed by atoms with Gasteiger partial charge in [-0.25, -0.2) is 0 Å². The van der Waals surface area contributed by atoms with Gasteiger partial charge >= 0.3 is 5.97 Å². The smallest absolute Gasteiger partial charge is 0.309 e. The second kappa shape index (κ2) is 8.68. The molecule has 1 aliphatic carbocycles. The Morgan fingerprint density at radius 2 is 1.73 bits per heavy atom. The van der Waals surface area contributed by atoms with E-state index in [2.05, 4.69) is 24.1 Å². The van der Waals surface area contributed by atoms with E-state index < -0.39 is 0 Å². The van der Waals surface area contributed by atoms with E-state index >= 15 is 0 Å². The third kappa shape index (κ3) is 3.79. The highest BCUT2D eigenvalue weighted by molar-refractivity contribution is 5.72. The molecule has 160 valence electrons. The van der Waals surface area contributed by atoms with Gasteiger partial charge in [-0.05, 0) is 68.0 Å². The van der Waals surface area contributed by atoms with Crippen LogP contribution in [0.1, 0.15) is 42.4 Å². The highest BCUT2D eigenvalue weighted by atomic mass is 16.5.